The molecule has 0 unspecified atom stereocenters. The maximum atomic E-state index is 14.1. The second kappa shape index (κ2) is 11.2. The molecule has 2 aromatic heterocycles. The summed E-state index contributed by atoms with van der Waals surface area (Å²) in [6, 6.07) is 9.86. The maximum absolute atomic E-state index is 14.1. The monoisotopic (exact) mass is 619 g/mol. The second-order valence-corrected chi connectivity index (χ2v) is 18.5. The smallest absolute Gasteiger partial charge is 0.407 e. The molecule has 0 spiro atoms. The number of esters is 2. The maximum Gasteiger partial charge on any atom is 0.407 e. The van der Waals surface area contributed by atoms with E-state index in [1.807, 2.05) is 18.2 Å². The zero-order valence-corrected chi connectivity index (χ0v) is 27.8. The summed E-state index contributed by atoms with van der Waals surface area (Å²) in [6.07, 6.45) is -0.811. The van der Waals surface area contributed by atoms with Crippen molar-refractivity contribution in [3.05, 3.63) is 57.4 Å². The highest BCUT2D eigenvalue weighted by molar-refractivity contribution is 6.92. The molecule has 0 saturated carbocycles. The minimum atomic E-state index is -2.01. The Labute approximate surface area is 258 Å². The number of cyclic esters (lactones) is 1. The van der Waals surface area contributed by atoms with Gasteiger partial charge < -0.3 is 24.1 Å². The highest BCUT2D eigenvalue weighted by atomic mass is 28.3. The fraction of sp³-hybridized carbons (Fsp3) is 0.485. The van der Waals surface area contributed by atoms with Gasteiger partial charge in [0.1, 0.15) is 12.2 Å². The summed E-state index contributed by atoms with van der Waals surface area (Å²) in [5, 5.41) is 4.92. The van der Waals surface area contributed by atoms with Gasteiger partial charge in [0.25, 0.3) is 5.56 Å². The van der Waals surface area contributed by atoms with Crippen LogP contribution in [0.5, 0.6) is 0 Å². The van der Waals surface area contributed by atoms with Gasteiger partial charge in [-0.1, -0.05) is 52.1 Å². The van der Waals surface area contributed by atoms with Crippen LogP contribution in [0.15, 0.2) is 35.1 Å². The molecule has 5 rings (SSSR count). The van der Waals surface area contributed by atoms with Gasteiger partial charge in [0.05, 0.1) is 43.5 Å². The number of alkyl carbamates (subject to hydrolysis) is 1. The zero-order chi connectivity index (χ0) is 32.2. The number of benzene rings is 1. The average Bonchev–Trinajstić information content (AvgIpc) is 3.30. The van der Waals surface area contributed by atoms with E-state index in [2.05, 4.69) is 38.3 Å². The van der Waals surface area contributed by atoms with E-state index in [-0.39, 0.29) is 37.1 Å². The number of carbonyl (C=O) groups excluding carboxylic acids is 3. The molecule has 1 amide bonds. The van der Waals surface area contributed by atoms with Crippen LogP contribution in [0.1, 0.15) is 71.1 Å². The Hall–Kier alpha value is -3.99. The van der Waals surface area contributed by atoms with Crippen LogP contribution in [0.4, 0.5) is 4.79 Å². The fourth-order valence-corrected chi connectivity index (χ4v) is 8.49. The van der Waals surface area contributed by atoms with Crippen LogP contribution < -0.4 is 16.1 Å². The predicted molar refractivity (Wildman–Crippen MR) is 169 cm³/mol. The number of pyridine rings is 2. The van der Waals surface area contributed by atoms with E-state index in [1.54, 1.807) is 38.3 Å². The predicted octanol–water partition coefficient (Wildman–Crippen LogP) is 4.87. The van der Waals surface area contributed by atoms with Gasteiger partial charge in [-0.25, -0.2) is 14.6 Å². The Balaban J connectivity index is 1.57. The van der Waals surface area contributed by atoms with Crippen LogP contribution in [0.25, 0.3) is 22.3 Å². The average molecular weight is 620 g/mol. The summed E-state index contributed by atoms with van der Waals surface area (Å²) in [4.78, 5) is 57.6. The molecule has 0 bridgehead atoms. The molecule has 0 saturated heterocycles. The molecule has 0 radical (unpaired) electrons. The molecule has 1 atom stereocenters. The molecule has 3 aromatic rings. The lowest BCUT2D eigenvalue weighted by molar-refractivity contribution is -0.189. The third kappa shape index (κ3) is 5.31. The van der Waals surface area contributed by atoms with Crippen molar-refractivity contribution in [2.45, 2.75) is 97.4 Å². The highest BCUT2D eigenvalue weighted by Gasteiger charge is 2.50. The van der Waals surface area contributed by atoms with E-state index in [9.17, 15) is 19.2 Å². The third-order valence-corrected chi connectivity index (χ3v) is 13.7. The van der Waals surface area contributed by atoms with Crippen molar-refractivity contribution >= 4 is 42.2 Å². The van der Waals surface area contributed by atoms with E-state index in [0.29, 0.717) is 23.3 Å². The minimum Gasteiger partial charge on any atom is -0.457 e. The fourth-order valence-electron chi connectivity index (χ4n) is 6.04. The molecule has 234 valence electrons. The number of rotatable bonds is 7. The number of amides is 1. The van der Waals surface area contributed by atoms with Crippen LogP contribution in [-0.2, 0) is 42.6 Å². The van der Waals surface area contributed by atoms with Gasteiger partial charge >= 0.3 is 18.0 Å². The zero-order valence-electron chi connectivity index (χ0n) is 26.8. The van der Waals surface area contributed by atoms with E-state index < -0.39 is 37.3 Å². The van der Waals surface area contributed by atoms with Crippen LogP contribution in [-0.4, -0.2) is 47.8 Å². The van der Waals surface area contributed by atoms with Gasteiger partial charge in [-0.3, -0.25) is 9.59 Å². The van der Waals surface area contributed by atoms with Gasteiger partial charge in [0.15, 0.2) is 0 Å². The summed E-state index contributed by atoms with van der Waals surface area (Å²) in [5.41, 5.74) is 1.47. The highest BCUT2D eigenvalue weighted by Crippen LogP contribution is 2.41. The topological polar surface area (TPSA) is 126 Å². The number of para-hydroxylation sites is 1. The number of hydrogen-bond donors (Lipinski definition) is 1. The molecule has 2 aliphatic heterocycles. The minimum absolute atomic E-state index is 0.0506. The summed E-state index contributed by atoms with van der Waals surface area (Å²) < 4.78 is 18.3. The van der Waals surface area contributed by atoms with Gasteiger partial charge in [0.2, 0.25) is 5.60 Å². The second-order valence-electron chi connectivity index (χ2n) is 13.4. The number of ether oxygens (including phenoxy) is 3. The van der Waals surface area contributed by atoms with Crippen LogP contribution in [0.3, 0.4) is 0 Å². The molecular weight excluding hydrogens is 578 g/mol. The normalized spacial score (nSPS) is 17.5. The Morgan fingerprint density at radius 2 is 1.86 bits per heavy atom. The van der Waals surface area contributed by atoms with Gasteiger partial charge in [-0.2, -0.15) is 0 Å². The molecule has 2 aliphatic rings. The molecule has 1 N–H and O–H groups in total. The van der Waals surface area contributed by atoms with E-state index in [4.69, 9.17) is 19.2 Å². The first-order valence-electron chi connectivity index (χ1n) is 15.2. The lowest BCUT2D eigenvalue weighted by Crippen LogP contribution is -2.48. The molecule has 10 nitrogen and oxygen atoms in total. The Bertz CT molecular complexity index is 1740. The lowest BCUT2D eigenvalue weighted by atomic mass is 9.85. The van der Waals surface area contributed by atoms with Gasteiger partial charge in [-0.05, 0) is 61.0 Å². The van der Waals surface area contributed by atoms with Crippen molar-refractivity contribution in [2.75, 3.05) is 6.54 Å². The SMILES string of the molecule is CC[C@@]1(OC(=O)CCNC(=O)OC(C)(C)C)C(=O)OCc2c1cc1n(c2=O)Cc2c-1nc1ccccc1c2[Si](C)(C)C(C)C. The summed E-state index contributed by atoms with van der Waals surface area (Å²) in [5.74, 6) is -1.45. The first-order chi connectivity index (χ1) is 20.6. The van der Waals surface area contributed by atoms with E-state index >= 15 is 0 Å². The summed E-state index contributed by atoms with van der Waals surface area (Å²) >= 11 is 0. The summed E-state index contributed by atoms with van der Waals surface area (Å²) in [7, 11) is -2.01. The van der Waals surface area contributed by atoms with Crippen molar-refractivity contribution in [1.82, 2.24) is 14.9 Å². The van der Waals surface area contributed by atoms with Crippen LogP contribution >= 0.6 is 0 Å². The first kappa shape index (κ1) is 31.4. The molecule has 1 aromatic carbocycles. The Morgan fingerprint density at radius 3 is 2.52 bits per heavy atom. The lowest BCUT2D eigenvalue weighted by Gasteiger charge is -2.35. The molecule has 4 heterocycles. The van der Waals surface area contributed by atoms with Crippen LogP contribution in [0.2, 0.25) is 18.6 Å². The third-order valence-electron chi connectivity index (χ3n) is 8.94. The summed E-state index contributed by atoms with van der Waals surface area (Å²) in [6.45, 7) is 16.2. The first-order valence-corrected chi connectivity index (χ1v) is 18.2. The number of aromatic nitrogens is 2. The van der Waals surface area contributed by atoms with Crippen LogP contribution in [0, 0.1) is 0 Å². The molecule has 0 aliphatic carbocycles. The molecule has 0 fully saturated rings. The quantitative estimate of drug-likeness (QED) is 0.176. The standard InChI is InChI=1S/C33H41N3O7Si/c1-9-33(42-26(37)14-15-34-31(40)43-32(4,5)6)23-16-25-27-21(17-36(25)29(38)22(23)18-41-30(33)39)28(44(7,8)19(2)3)20-12-10-11-13-24(20)35-27/h10-13,16,19H,9,14-15,17-18H2,1-8H3,(H,34,40)/t33-/m0/s1. The van der Waals surface area contributed by atoms with Crippen molar-refractivity contribution in [1.29, 1.82) is 0 Å². The number of fused-ring (bicyclic) bond motifs is 5. The van der Waals surface area contributed by atoms with E-state index in [0.717, 1.165) is 22.2 Å². The van der Waals surface area contributed by atoms with Gasteiger partial charge in [0, 0.05) is 12.1 Å². The molecule has 44 heavy (non-hydrogen) atoms. The van der Waals surface area contributed by atoms with Gasteiger partial charge in [-0.15, -0.1) is 0 Å². The largest absolute Gasteiger partial charge is 0.457 e. The number of hydrogen-bond acceptors (Lipinski definition) is 8. The Morgan fingerprint density at radius 1 is 1.16 bits per heavy atom. The van der Waals surface area contributed by atoms with Crippen molar-refractivity contribution < 1.29 is 28.6 Å². The number of nitrogens with zero attached hydrogens (tertiary/aromatic N) is 2. The molecular formula is C33H41N3O7Si. The van der Waals surface area contributed by atoms with Crippen molar-refractivity contribution in [3.8, 4) is 11.4 Å². The van der Waals surface area contributed by atoms with E-state index in [1.165, 1.54) is 5.19 Å². The Kier molecular flexibility index (Phi) is 7.98. The number of nitrogens with one attached hydrogen (secondary N) is 1. The van der Waals surface area contributed by atoms with Crippen molar-refractivity contribution in [2.24, 2.45) is 0 Å². The number of carbonyl (C=O) groups is 3. The van der Waals surface area contributed by atoms with Crippen molar-refractivity contribution in [3.63, 3.8) is 0 Å². The molecule has 11 heteroatoms.